The van der Waals surface area contributed by atoms with Crippen LogP contribution in [0.15, 0.2) is 85.3 Å². The molecule has 0 atom stereocenters. The number of fused-ring (bicyclic) bond motifs is 1. The van der Waals surface area contributed by atoms with Gasteiger partial charge in [0.25, 0.3) is 11.8 Å². The maximum absolute atomic E-state index is 14.1. The lowest BCUT2D eigenvalue weighted by atomic mass is 10.1. The van der Waals surface area contributed by atoms with Crippen LogP contribution < -0.4 is 10.2 Å². The van der Waals surface area contributed by atoms with Crippen molar-refractivity contribution < 1.29 is 14.0 Å². The third-order valence-corrected chi connectivity index (χ3v) is 8.93. The summed E-state index contributed by atoms with van der Waals surface area (Å²) in [6.07, 6.45) is 5.84. The molecule has 2 amide bonds. The van der Waals surface area contributed by atoms with Crippen LogP contribution in [0.3, 0.4) is 0 Å². The van der Waals surface area contributed by atoms with Crippen LogP contribution in [0.4, 0.5) is 10.1 Å². The number of carbonyl (C=O) groups excluding carboxylic acids is 2. The first kappa shape index (κ1) is 29.2. The van der Waals surface area contributed by atoms with Gasteiger partial charge in [0, 0.05) is 41.8 Å². The average molecular weight is 607 g/mol. The van der Waals surface area contributed by atoms with Crippen molar-refractivity contribution in [3.8, 4) is 6.07 Å². The normalized spacial score (nSPS) is 13.2. The molecule has 10 heteroatoms. The van der Waals surface area contributed by atoms with Crippen molar-refractivity contribution in [2.24, 2.45) is 0 Å². The molecule has 222 valence electrons. The van der Waals surface area contributed by atoms with Crippen LogP contribution >= 0.6 is 11.3 Å². The summed E-state index contributed by atoms with van der Waals surface area (Å²) in [7, 11) is 0. The second-order valence-corrected chi connectivity index (χ2v) is 11.9. The Labute approximate surface area is 259 Å². The predicted octanol–water partition coefficient (Wildman–Crippen LogP) is 5.83. The second-order valence-electron chi connectivity index (χ2n) is 10.9. The third kappa shape index (κ3) is 6.70. The van der Waals surface area contributed by atoms with Crippen molar-refractivity contribution >= 4 is 38.9 Å². The number of hydrogen-bond acceptors (Lipinski definition) is 6. The van der Waals surface area contributed by atoms with Crippen LogP contribution in [0, 0.1) is 17.1 Å². The average Bonchev–Trinajstić information content (AvgIpc) is 3.81. The number of nitrogens with zero attached hydrogens (tertiary/aromatic N) is 5. The number of nitriles is 1. The number of hydrogen-bond donors (Lipinski definition) is 1. The van der Waals surface area contributed by atoms with Gasteiger partial charge in [-0.3, -0.25) is 9.59 Å². The molecular weight excluding hydrogens is 575 g/mol. The molecule has 0 saturated carbocycles. The number of anilines is 1. The fourth-order valence-corrected chi connectivity index (χ4v) is 6.41. The van der Waals surface area contributed by atoms with Gasteiger partial charge < -0.3 is 19.7 Å². The van der Waals surface area contributed by atoms with Crippen LogP contribution in [0.1, 0.15) is 49.7 Å². The molecule has 0 aliphatic carbocycles. The van der Waals surface area contributed by atoms with Gasteiger partial charge in [0.2, 0.25) is 0 Å². The molecule has 6 rings (SSSR count). The zero-order chi connectivity index (χ0) is 30.5. The minimum Gasteiger partial charge on any atom is -0.350 e. The first-order valence-electron chi connectivity index (χ1n) is 14.6. The van der Waals surface area contributed by atoms with E-state index in [4.69, 9.17) is 5.26 Å². The minimum absolute atomic E-state index is 0.105. The van der Waals surface area contributed by atoms with Crippen molar-refractivity contribution in [3.05, 3.63) is 118 Å². The smallest absolute Gasteiger partial charge is 0.261 e. The Kier molecular flexibility index (Phi) is 8.77. The Bertz CT molecular complexity index is 1830. The Morgan fingerprint density at radius 2 is 1.86 bits per heavy atom. The van der Waals surface area contributed by atoms with E-state index in [-0.39, 0.29) is 23.9 Å². The molecule has 0 unspecified atom stereocenters. The minimum atomic E-state index is -0.490. The number of amides is 2. The van der Waals surface area contributed by atoms with E-state index < -0.39 is 5.82 Å². The number of likely N-dealkylation sites (tertiary alicyclic amines) is 1. The summed E-state index contributed by atoms with van der Waals surface area (Å²) in [5.41, 5.74) is 3.20. The summed E-state index contributed by atoms with van der Waals surface area (Å²) in [5, 5.41) is 13.0. The van der Waals surface area contributed by atoms with E-state index in [1.807, 2.05) is 41.0 Å². The lowest BCUT2D eigenvalue weighted by Crippen LogP contribution is -2.33. The second kappa shape index (κ2) is 13.2. The number of halogens is 1. The van der Waals surface area contributed by atoms with Crippen molar-refractivity contribution in [2.45, 2.75) is 25.9 Å². The standard InChI is InChI=1S/C34H31FN6O2S/c35-28-5-3-4-26(16-28)34(43)41(22-30-20-37-23-40(30)21-25-8-6-24(19-36)7-9-25)29-10-11-31-27(17-29)18-32(44-31)33(42)38-12-15-39-13-1-2-14-39/h3-11,16-18,20,23H,1-2,12-15,21-22H2,(H,38,42). The first-order valence-corrected chi connectivity index (χ1v) is 15.4. The van der Waals surface area contributed by atoms with E-state index in [1.54, 1.807) is 35.6 Å². The van der Waals surface area contributed by atoms with Gasteiger partial charge in [-0.05, 0) is 91.5 Å². The van der Waals surface area contributed by atoms with Crippen LogP contribution in [0.5, 0.6) is 0 Å². The van der Waals surface area contributed by atoms with Crippen LogP contribution in [0.2, 0.25) is 0 Å². The summed E-state index contributed by atoms with van der Waals surface area (Å²) in [5.74, 6) is -0.952. The molecule has 1 saturated heterocycles. The summed E-state index contributed by atoms with van der Waals surface area (Å²) in [6.45, 7) is 4.31. The van der Waals surface area contributed by atoms with E-state index in [1.165, 1.54) is 42.4 Å². The number of rotatable bonds is 10. The van der Waals surface area contributed by atoms with Crippen molar-refractivity contribution in [3.63, 3.8) is 0 Å². The summed E-state index contributed by atoms with van der Waals surface area (Å²) in [6, 6.07) is 22.6. The summed E-state index contributed by atoms with van der Waals surface area (Å²) < 4.78 is 17.0. The molecule has 1 aliphatic heterocycles. The van der Waals surface area contributed by atoms with Gasteiger partial charge in [0.05, 0.1) is 35.1 Å². The van der Waals surface area contributed by atoms with Crippen LogP contribution in [-0.2, 0) is 13.1 Å². The summed E-state index contributed by atoms with van der Waals surface area (Å²) >= 11 is 1.41. The highest BCUT2D eigenvalue weighted by Gasteiger charge is 2.22. The first-order chi connectivity index (χ1) is 21.5. The molecule has 1 aliphatic rings. The lowest BCUT2D eigenvalue weighted by Gasteiger charge is -2.24. The van der Waals surface area contributed by atoms with Crippen LogP contribution in [-0.4, -0.2) is 52.4 Å². The van der Waals surface area contributed by atoms with E-state index >= 15 is 0 Å². The molecular formula is C34H31FN6O2S. The number of nitrogens with one attached hydrogen (secondary N) is 1. The van der Waals surface area contributed by atoms with Gasteiger partial charge >= 0.3 is 0 Å². The highest BCUT2D eigenvalue weighted by atomic mass is 32.1. The van der Waals surface area contributed by atoms with Crippen molar-refractivity contribution in [1.82, 2.24) is 19.8 Å². The zero-order valence-electron chi connectivity index (χ0n) is 24.1. The number of benzene rings is 3. The number of thiophene rings is 1. The maximum atomic E-state index is 14.1. The van der Waals surface area contributed by atoms with Crippen LogP contribution in [0.25, 0.3) is 10.1 Å². The summed E-state index contributed by atoms with van der Waals surface area (Å²) in [4.78, 5) is 35.7. The SMILES string of the molecule is N#Cc1ccc(Cn2cncc2CN(C(=O)c2cccc(F)c2)c2ccc3sc(C(=O)NCCN4CCCC4)cc3c2)cc1. The van der Waals surface area contributed by atoms with Gasteiger partial charge in [0.15, 0.2) is 0 Å². The van der Waals surface area contributed by atoms with E-state index in [9.17, 15) is 14.0 Å². The van der Waals surface area contributed by atoms with E-state index in [0.717, 1.165) is 41.0 Å². The molecule has 5 aromatic rings. The van der Waals surface area contributed by atoms with E-state index in [0.29, 0.717) is 29.2 Å². The topological polar surface area (TPSA) is 94.3 Å². The Hall–Kier alpha value is -4.85. The Morgan fingerprint density at radius 3 is 2.64 bits per heavy atom. The monoisotopic (exact) mass is 606 g/mol. The lowest BCUT2D eigenvalue weighted by molar-refractivity contribution is 0.0952. The Morgan fingerprint density at radius 1 is 1.05 bits per heavy atom. The molecule has 2 aromatic heterocycles. The molecule has 3 heterocycles. The fourth-order valence-electron chi connectivity index (χ4n) is 5.45. The van der Waals surface area contributed by atoms with Gasteiger partial charge in [-0.2, -0.15) is 5.26 Å². The number of carbonyl (C=O) groups is 2. The Balaban J connectivity index is 1.26. The molecule has 3 aromatic carbocycles. The molecule has 0 radical (unpaired) electrons. The molecule has 0 bridgehead atoms. The highest BCUT2D eigenvalue weighted by Crippen LogP contribution is 2.31. The molecule has 1 N–H and O–H groups in total. The largest absolute Gasteiger partial charge is 0.350 e. The number of aromatic nitrogens is 2. The fraction of sp³-hybridized carbons (Fsp3) is 0.235. The zero-order valence-corrected chi connectivity index (χ0v) is 24.9. The molecule has 8 nitrogen and oxygen atoms in total. The quantitative estimate of drug-likeness (QED) is 0.216. The highest BCUT2D eigenvalue weighted by molar-refractivity contribution is 7.20. The molecule has 0 spiro atoms. The third-order valence-electron chi connectivity index (χ3n) is 7.82. The van der Waals surface area contributed by atoms with Crippen molar-refractivity contribution in [2.75, 3.05) is 31.1 Å². The van der Waals surface area contributed by atoms with Crippen molar-refractivity contribution in [1.29, 1.82) is 5.26 Å². The maximum Gasteiger partial charge on any atom is 0.261 e. The predicted molar refractivity (Wildman–Crippen MR) is 169 cm³/mol. The molecule has 1 fully saturated rings. The molecule has 44 heavy (non-hydrogen) atoms. The van der Waals surface area contributed by atoms with Gasteiger partial charge in [-0.1, -0.05) is 18.2 Å². The van der Waals surface area contributed by atoms with Gasteiger partial charge in [0.1, 0.15) is 5.82 Å². The van der Waals surface area contributed by atoms with Gasteiger partial charge in [-0.25, -0.2) is 9.37 Å². The van der Waals surface area contributed by atoms with E-state index in [2.05, 4.69) is 21.3 Å². The number of imidazole rings is 1. The van der Waals surface area contributed by atoms with Gasteiger partial charge in [-0.15, -0.1) is 11.3 Å².